The Balaban J connectivity index is 1.56. The van der Waals surface area contributed by atoms with Gasteiger partial charge in [0.15, 0.2) is 9.75 Å². The lowest BCUT2D eigenvalue weighted by molar-refractivity contribution is -0.140. The van der Waals surface area contributed by atoms with Gasteiger partial charge in [-0.1, -0.05) is 36.8 Å². The molecule has 4 aliphatic rings. The van der Waals surface area contributed by atoms with Crippen molar-refractivity contribution >= 4 is 52.5 Å². The van der Waals surface area contributed by atoms with Gasteiger partial charge in [0.1, 0.15) is 18.2 Å². The van der Waals surface area contributed by atoms with Crippen molar-refractivity contribution < 1.29 is 33.4 Å². The van der Waals surface area contributed by atoms with Crippen LogP contribution in [0, 0.1) is 23.6 Å². The molecule has 0 spiro atoms. The molecule has 6 atom stereocenters. The number of hydrogen-bond donors (Lipinski definition) is 1. The third-order valence-electron chi connectivity index (χ3n) is 9.01. The molecule has 2 aromatic carbocycles. The van der Waals surface area contributed by atoms with Crippen molar-refractivity contribution in [1.29, 1.82) is 0 Å². The number of aliphatic hydroxyl groups is 1. The first-order valence-corrected chi connectivity index (χ1v) is 14.8. The first kappa shape index (κ1) is 28.8. The minimum absolute atomic E-state index is 0.0360. The average Bonchev–Trinajstić information content (AvgIpc) is 3.31. The quantitative estimate of drug-likeness (QED) is 0.285. The molecule has 0 radical (unpaired) electrons. The van der Waals surface area contributed by atoms with Gasteiger partial charge >= 0.3 is 0 Å². The lowest BCUT2D eigenvalue weighted by atomic mass is 9.56. The number of hydrogen-bond acceptors (Lipinski definition) is 6. The van der Waals surface area contributed by atoms with Crippen LogP contribution in [0.15, 0.2) is 60.2 Å². The van der Waals surface area contributed by atoms with E-state index in [0.717, 1.165) is 17.0 Å². The standard InChI is InChI=1S/C31H29Cl2FN2O6/c1-2-13-35-26(38)21-12-11-19-22(24(21)27(35)39)16-30(32)28(40)36(18-9-7-17(34)8-10-18)29(41)31(30,33)25(19)20-5-3-4-6-23(20)42-15-14-37/h3-11,21-22,24-25,37H,2,12-16H2,1H3/t21-,22+,24-,25+,30+,31-/m0/s1. The molecule has 42 heavy (non-hydrogen) atoms. The Morgan fingerprint density at radius 3 is 2.40 bits per heavy atom. The van der Waals surface area contributed by atoms with Crippen LogP contribution in [0.5, 0.6) is 5.75 Å². The Hall–Kier alpha value is -3.27. The summed E-state index contributed by atoms with van der Waals surface area (Å²) in [6.07, 6.45) is 2.58. The van der Waals surface area contributed by atoms with Gasteiger partial charge in [-0.2, -0.15) is 0 Å². The number of nitrogens with zero attached hydrogens (tertiary/aromatic N) is 2. The van der Waals surface area contributed by atoms with E-state index in [-0.39, 0.29) is 50.1 Å². The van der Waals surface area contributed by atoms with Gasteiger partial charge in [-0.05, 0) is 55.5 Å². The molecule has 0 unspecified atom stereocenters. The molecule has 8 nitrogen and oxygen atoms in total. The molecule has 2 aliphatic heterocycles. The van der Waals surface area contributed by atoms with Gasteiger partial charge in [0.2, 0.25) is 11.8 Å². The van der Waals surface area contributed by atoms with Crippen LogP contribution in [0.25, 0.3) is 0 Å². The molecule has 1 N–H and O–H groups in total. The molecule has 11 heteroatoms. The van der Waals surface area contributed by atoms with E-state index in [1.807, 2.05) is 13.0 Å². The van der Waals surface area contributed by atoms with E-state index >= 15 is 0 Å². The number of benzene rings is 2. The second kappa shape index (κ2) is 10.5. The van der Waals surface area contributed by atoms with E-state index in [1.165, 1.54) is 17.0 Å². The fourth-order valence-corrected chi connectivity index (χ4v) is 8.19. The number of amides is 4. The molecule has 2 heterocycles. The highest BCUT2D eigenvalue weighted by atomic mass is 35.5. The number of ether oxygens (including phenoxy) is 1. The first-order valence-electron chi connectivity index (χ1n) is 14.0. The van der Waals surface area contributed by atoms with Crippen LogP contribution >= 0.6 is 23.2 Å². The lowest BCUT2D eigenvalue weighted by Gasteiger charge is -2.51. The molecule has 3 fully saturated rings. The monoisotopic (exact) mass is 614 g/mol. The number of imide groups is 2. The minimum Gasteiger partial charge on any atom is -0.491 e. The third kappa shape index (κ3) is 3.89. The summed E-state index contributed by atoms with van der Waals surface area (Å²) in [5.74, 6) is -5.39. The summed E-state index contributed by atoms with van der Waals surface area (Å²) in [5.41, 5.74) is 1.22. The Kier molecular flexibility index (Phi) is 7.19. The molecule has 0 bridgehead atoms. The zero-order valence-electron chi connectivity index (χ0n) is 22.8. The smallest absolute Gasteiger partial charge is 0.258 e. The van der Waals surface area contributed by atoms with E-state index in [1.54, 1.807) is 24.3 Å². The number of aliphatic hydroxyl groups excluding tert-OH is 1. The number of allylic oxidation sites excluding steroid dienone is 2. The molecule has 2 aromatic rings. The van der Waals surface area contributed by atoms with Crippen molar-refractivity contribution in [3.05, 3.63) is 71.6 Å². The summed E-state index contributed by atoms with van der Waals surface area (Å²) in [6.45, 7) is 1.87. The third-order valence-corrected chi connectivity index (χ3v) is 10.4. The normalized spacial score (nSPS) is 32.1. The lowest BCUT2D eigenvalue weighted by Crippen LogP contribution is -2.60. The van der Waals surface area contributed by atoms with Crippen LogP contribution < -0.4 is 9.64 Å². The highest BCUT2D eigenvalue weighted by molar-refractivity contribution is 6.58. The predicted octanol–water partition coefficient (Wildman–Crippen LogP) is 4.17. The van der Waals surface area contributed by atoms with Crippen LogP contribution in [0.1, 0.15) is 37.7 Å². The van der Waals surface area contributed by atoms with Gasteiger partial charge in [0.05, 0.1) is 24.1 Å². The van der Waals surface area contributed by atoms with Gasteiger partial charge < -0.3 is 9.84 Å². The molecule has 6 rings (SSSR count). The molecule has 220 valence electrons. The summed E-state index contributed by atoms with van der Waals surface area (Å²) in [4.78, 5) is 53.8. The van der Waals surface area contributed by atoms with Crippen molar-refractivity contribution in [2.45, 2.75) is 41.9 Å². The minimum atomic E-state index is -2.05. The second-order valence-corrected chi connectivity index (χ2v) is 12.4. The Morgan fingerprint density at radius 1 is 1.00 bits per heavy atom. The zero-order valence-corrected chi connectivity index (χ0v) is 24.3. The topological polar surface area (TPSA) is 104 Å². The molecular weight excluding hydrogens is 586 g/mol. The Morgan fingerprint density at radius 2 is 1.71 bits per heavy atom. The number of fused-ring (bicyclic) bond motifs is 4. The van der Waals surface area contributed by atoms with E-state index < -0.39 is 51.1 Å². The fraction of sp³-hybridized carbons (Fsp3) is 0.419. The summed E-state index contributed by atoms with van der Waals surface area (Å²) < 4.78 is 19.6. The molecule has 2 aliphatic carbocycles. The number of anilines is 1. The maximum absolute atomic E-state index is 14.4. The number of likely N-dealkylation sites (tertiary alicyclic amines) is 1. The van der Waals surface area contributed by atoms with Gasteiger partial charge in [0, 0.05) is 18.0 Å². The van der Waals surface area contributed by atoms with Crippen molar-refractivity contribution in [1.82, 2.24) is 4.90 Å². The first-order chi connectivity index (χ1) is 20.1. The summed E-state index contributed by atoms with van der Waals surface area (Å²) in [5, 5.41) is 9.45. The Bertz CT molecular complexity index is 1510. The van der Waals surface area contributed by atoms with E-state index in [2.05, 4.69) is 0 Å². The highest BCUT2D eigenvalue weighted by Gasteiger charge is 2.76. The van der Waals surface area contributed by atoms with Crippen LogP contribution in [-0.2, 0) is 19.2 Å². The van der Waals surface area contributed by atoms with E-state index in [0.29, 0.717) is 23.3 Å². The molecule has 2 saturated heterocycles. The maximum Gasteiger partial charge on any atom is 0.258 e. The average molecular weight is 615 g/mol. The van der Waals surface area contributed by atoms with Crippen molar-refractivity contribution in [3.63, 3.8) is 0 Å². The van der Waals surface area contributed by atoms with Crippen molar-refractivity contribution in [2.75, 3.05) is 24.7 Å². The predicted molar refractivity (Wildman–Crippen MR) is 153 cm³/mol. The van der Waals surface area contributed by atoms with Crippen molar-refractivity contribution in [2.24, 2.45) is 17.8 Å². The molecule has 4 amide bonds. The van der Waals surface area contributed by atoms with Crippen LogP contribution in [-0.4, -0.2) is 63.1 Å². The summed E-state index contributed by atoms with van der Waals surface area (Å²) in [6, 6.07) is 11.7. The fourth-order valence-electron chi connectivity index (χ4n) is 7.26. The van der Waals surface area contributed by atoms with Crippen LogP contribution in [0.4, 0.5) is 10.1 Å². The second-order valence-electron chi connectivity index (χ2n) is 11.2. The van der Waals surface area contributed by atoms with Gasteiger partial charge in [-0.15, -0.1) is 23.2 Å². The zero-order chi connectivity index (χ0) is 30.0. The molecule has 0 aromatic heterocycles. The number of para-hydroxylation sites is 1. The number of carbonyl (C=O) groups is 4. The van der Waals surface area contributed by atoms with Gasteiger partial charge in [-0.25, -0.2) is 9.29 Å². The van der Waals surface area contributed by atoms with Crippen LogP contribution in [0.2, 0.25) is 0 Å². The molecule has 1 saturated carbocycles. The number of alkyl halides is 2. The van der Waals surface area contributed by atoms with Crippen molar-refractivity contribution in [3.8, 4) is 5.75 Å². The number of halogens is 3. The maximum atomic E-state index is 14.4. The van der Waals surface area contributed by atoms with E-state index in [4.69, 9.17) is 27.9 Å². The van der Waals surface area contributed by atoms with Crippen LogP contribution in [0.3, 0.4) is 0 Å². The molecular formula is C31H29Cl2FN2O6. The summed E-state index contributed by atoms with van der Waals surface area (Å²) in [7, 11) is 0. The highest BCUT2D eigenvalue weighted by Crippen LogP contribution is 2.66. The SMILES string of the molecule is CCCN1C(=O)[C@H]2[C@H](CC=C3[C@H]2C[C@@]2(Cl)C(=O)N(c4ccc(F)cc4)C(=O)[C@@]2(Cl)[C@H]3c2ccccc2OCCO)C1=O. The van der Waals surface area contributed by atoms with Gasteiger partial charge in [0.25, 0.3) is 11.8 Å². The summed E-state index contributed by atoms with van der Waals surface area (Å²) >= 11 is 14.7. The van der Waals surface area contributed by atoms with E-state index in [9.17, 15) is 28.7 Å². The number of rotatable bonds is 7. The van der Waals surface area contributed by atoms with Gasteiger partial charge in [-0.3, -0.25) is 24.1 Å². The number of carbonyl (C=O) groups excluding carboxylic acids is 4. The largest absolute Gasteiger partial charge is 0.491 e. The Labute approximate surface area is 252 Å².